The lowest BCUT2D eigenvalue weighted by Gasteiger charge is -2.30. The highest BCUT2D eigenvalue weighted by atomic mass is 16.5. The van der Waals surface area contributed by atoms with Crippen LogP contribution < -0.4 is 5.32 Å². The van der Waals surface area contributed by atoms with Crippen LogP contribution in [0.15, 0.2) is 0 Å². The minimum atomic E-state index is 0.180. The van der Waals surface area contributed by atoms with Gasteiger partial charge in [0.1, 0.15) is 0 Å². The van der Waals surface area contributed by atoms with Crippen molar-refractivity contribution in [3.8, 4) is 0 Å². The SMILES string of the molecule is CCCNC(CO)CCN(CCOC)C(C)COC. The highest BCUT2D eigenvalue weighted by Gasteiger charge is 2.15. The predicted molar refractivity (Wildman–Crippen MR) is 78.6 cm³/mol. The van der Waals surface area contributed by atoms with E-state index in [1.165, 1.54) is 0 Å². The molecule has 0 aromatic heterocycles. The minimum Gasteiger partial charge on any atom is -0.395 e. The van der Waals surface area contributed by atoms with Gasteiger partial charge in [-0.2, -0.15) is 0 Å². The molecule has 0 saturated heterocycles. The van der Waals surface area contributed by atoms with Crippen LogP contribution in [0.1, 0.15) is 26.7 Å². The Bertz CT molecular complexity index is 194. The van der Waals surface area contributed by atoms with E-state index < -0.39 is 0 Å². The van der Waals surface area contributed by atoms with Crippen LogP contribution in [0.25, 0.3) is 0 Å². The van der Waals surface area contributed by atoms with Gasteiger partial charge in [-0.3, -0.25) is 4.90 Å². The van der Waals surface area contributed by atoms with Crippen molar-refractivity contribution in [1.29, 1.82) is 0 Å². The van der Waals surface area contributed by atoms with Crippen LogP contribution in [0.4, 0.5) is 0 Å². The van der Waals surface area contributed by atoms with E-state index in [0.717, 1.165) is 45.7 Å². The number of hydrogen-bond acceptors (Lipinski definition) is 5. The maximum absolute atomic E-state index is 9.35. The number of ether oxygens (including phenoxy) is 2. The summed E-state index contributed by atoms with van der Waals surface area (Å²) in [6.45, 7) is 8.71. The first-order valence-corrected chi connectivity index (χ1v) is 7.25. The molecule has 0 aliphatic heterocycles. The largest absolute Gasteiger partial charge is 0.395 e. The van der Waals surface area contributed by atoms with E-state index >= 15 is 0 Å². The van der Waals surface area contributed by atoms with E-state index in [0.29, 0.717) is 6.04 Å². The van der Waals surface area contributed by atoms with E-state index in [4.69, 9.17) is 9.47 Å². The van der Waals surface area contributed by atoms with Crippen LogP contribution >= 0.6 is 0 Å². The van der Waals surface area contributed by atoms with Gasteiger partial charge in [-0.25, -0.2) is 0 Å². The summed E-state index contributed by atoms with van der Waals surface area (Å²) < 4.78 is 10.4. The zero-order chi connectivity index (χ0) is 14.5. The van der Waals surface area contributed by atoms with Crippen molar-refractivity contribution >= 4 is 0 Å². The van der Waals surface area contributed by atoms with Crippen molar-refractivity contribution in [3.05, 3.63) is 0 Å². The van der Waals surface area contributed by atoms with E-state index in [-0.39, 0.29) is 12.6 Å². The normalized spacial score (nSPS) is 14.8. The van der Waals surface area contributed by atoms with E-state index in [2.05, 4.69) is 24.1 Å². The molecule has 0 amide bonds. The van der Waals surface area contributed by atoms with Crippen molar-refractivity contribution in [2.75, 3.05) is 53.7 Å². The number of nitrogens with zero attached hydrogens (tertiary/aromatic N) is 1. The average Bonchev–Trinajstić information content (AvgIpc) is 2.42. The zero-order valence-electron chi connectivity index (χ0n) is 13.0. The van der Waals surface area contributed by atoms with Crippen molar-refractivity contribution in [2.45, 2.75) is 38.8 Å². The predicted octanol–water partition coefficient (Wildman–Crippen LogP) is 0.720. The van der Waals surface area contributed by atoms with Gasteiger partial charge in [-0.05, 0) is 26.3 Å². The molecule has 2 unspecified atom stereocenters. The molecule has 0 aromatic rings. The third-order valence-corrected chi connectivity index (χ3v) is 3.28. The van der Waals surface area contributed by atoms with Crippen LogP contribution in [0, 0.1) is 0 Å². The highest BCUT2D eigenvalue weighted by molar-refractivity contribution is 4.72. The molecule has 0 heterocycles. The molecule has 0 radical (unpaired) electrons. The zero-order valence-corrected chi connectivity index (χ0v) is 13.0. The molecule has 0 rings (SSSR count). The summed E-state index contributed by atoms with van der Waals surface area (Å²) in [5, 5.41) is 12.7. The summed E-state index contributed by atoms with van der Waals surface area (Å²) >= 11 is 0. The Morgan fingerprint density at radius 1 is 1.21 bits per heavy atom. The molecule has 0 spiro atoms. The van der Waals surface area contributed by atoms with Gasteiger partial charge in [0.05, 0.1) is 19.8 Å². The van der Waals surface area contributed by atoms with Gasteiger partial charge in [0, 0.05) is 39.4 Å². The average molecular weight is 276 g/mol. The number of methoxy groups -OCH3 is 2. The van der Waals surface area contributed by atoms with Crippen molar-refractivity contribution < 1.29 is 14.6 Å². The third-order valence-electron chi connectivity index (χ3n) is 3.28. The lowest BCUT2D eigenvalue weighted by Crippen LogP contribution is -2.42. The molecule has 0 aliphatic carbocycles. The number of rotatable bonds is 13. The summed E-state index contributed by atoms with van der Waals surface area (Å²) in [5.41, 5.74) is 0. The van der Waals surface area contributed by atoms with Gasteiger partial charge in [0.2, 0.25) is 0 Å². The van der Waals surface area contributed by atoms with Gasteiger partial charge in [0.15, 0.2) is 0 Å². The van der Waals surface area contributed by atoms with Crippen molar-refractivity contribution in [2.24, 2.45) is 0 Å². The fourth-order valence-corrected chi connectivity index (χ4v) is 2.04. The molecule has 2 N–H and O–H groups in total. The lowest BCUT2D eigenvalue weighted by molar-refractivity contribution is 0.0705. The number of aliphatic hydroxyl groups excluding tert-OH is 1. The first-order chi connectivity index (χ1) is 9.19. The summed E-state index contributed by atoms with van der Waals surface area (Å²) in [6.07, 6.45) is 2.03. The summed E-state index contributed by atoms with van der Waals surface area (Å²) in [5.74, 6) is 0. The second kappa shape index (κ2) is 12.8. The number of hydrogen-bond donors (Lipinski definition) is 2. The van der Waals surface area contributed by atoms with Crippen LogP contribution in [0.2, 0.25) is 0 Å². The molecule has 0 aliphatic rings. The molecule has 0 aromatic carbocycles. The van der Waals surface area contributed by atoms with Gasteiger partial charge in [-0.1, -0.05) is 6.92 Å². The lowest BCUT2D eigenvalue weighted by atomic mass is 10.2. The Morgan fingerprint density at radius 2 is 1.95 bits per heavy atom. The van der Waals surface area contributed by atoms with Gasteiger partial charge < -0.3 is 19.9 Å². The maximum Gasteiger partial charge on any atom is 0.0615 e. The van der Waals surface area contributed by atoms with Crippen LogP contribution in [-0.4, -0.2) is 75.8 Å². The Morgan fingerprint density at radius 3 is 2.47 bits per heavy atom. The molecule has 0 saturated carbocycles. The number of nitrogens with one attached hydrogen (secondary N) is 1. The molecule has 0 fully saturated rings. The molecular formula is C14H32N2O3. The maximum atomic E-state index is 9.35. The molecule has 5 nitrogen and oxygen atoms in total. The quantitative estimate of drug-likeness (QED) is 0.519. The topological polar surface area (TPSA) is 54.0 Å². The smallest absolute Gasteiger partial charge is 0.0615 e. The second-order valence-electron chi connectivity index (χ2n) is 4.96. The Labute approximate surface area is 118 Å². The first-order valence-electron chi connectivity index (χ1n) is 7.25. The third kappa shape index (κ3) is 9.35. The van der Waals surface area contributed by atoms with Gasteiger partial charge in [0.25, 0.3) is 0 Å². The minimum absolute atomic E-state index is 0.180. The van der Waals surface area contributed by atoms with Crippen LogP contribution in [-0.2, 0) is 9.47 Å². The number of aliphatic hydroxyl groups is 1. The highest BCUT2D eigenvalue weighted by Crippen LogP contribution is 2.03. The van der Waals surface area contributed by atoms with E-state index in [9.17, 15) is 5.11 Å². The van der Waals surface area contributed by atoms with Crippen LogP contribution in [0.5, 0.6) is 0 Å². The Balaban J connectivity index is 4.13. The second-order valence-corrected chi connectivity index (χ2v) is 4.96. The van der Waals surface area contributed by atoms with E-state index in [1.54, 1.807) is 14.2 Å². The molecule has 116 valence electrons. The monoisotopic (exact) mass is 276 g/mol. The molecule has 5 heteroatoms. The van der Waals surface area contributed by atoms with Crippen molar-refractivity contribution in [1.82, 2.24) is 10.2 Å². The molecular weight excluding hydrogens is 244 g/mol. The summed E-state index contributed by atoms with van der Waals surface area (Å²) in [4.78, 5) is 2.35. The molecule has 2 atom stereocenters. The van der Waals surface area contributed by atoms with E-state index in [1.807, 2.05) is 0 Å². The standard InChI is InChI=1S/C14H32N2O3/c1-5-7-15-14(11-17)6-8-16(9-10-18-3)13(2)12-19-4/h13-15,17H,5-12H2,1-4H3. The molecule has 19 heavy (non-hydrogen) atoms. The summed E-state index contributed by atoms with van der Waals surface area (Å²) in [7, 11) is 3.45. The Hall–Kier alpha value is -0.200. The first kappa shape index (κ1) is 18.8. The fourth-order valence-electron chi connectivity index (χ4n) is 2.04. The Kier molecular flexibility index (Phi) is 12.7. The van der Waals surface area contributed by atoms with Gasteiger partial charge >= 0.3 is 0 Å². The van der Waals surface area contributed by atoms with Gasteiger partial charge in [-0.15, -0.1) is 0 Å². The summed E-state index contributed by atoms with van der Waals surface area (Å²) in [6, 6.07) is 0.547. The molecule has 0 bridgehead atoms. The fraction of sp³-hybridized carbons (Fsp3) is 1.00. The van der Waals surface area contributed by atoms with Crippen LogP contribution in [0.3, 0.4) is 0 Å². The van der Waals surface area contributed by atoms with Crippen molar-refractivity contribution in [3.63, 3.8) is 0 Å².